The number of piperazine rings is 1. The Labute approximate surface area is 169 Å². The van der Waals surface area contributed by atoms with Crippen LogP contribution in [0.25, 0.3) is 16.1 Å². The van der Waals surface area contributed by atoms with Crippen LogP contribution in [0.3, 0.4) is 0 Å². The van der Waals surface area contributed by atoms with Crippen LogP contribution in [0.4, 0.5) is 11.5 Å². The quantitative estimate of drug-likeness (QED) is 0.672. The molecule has 8 nitrogen and oxygen atoms in total. The number of methoxy groups -OCH3 is 1. The summed E-state index contributed by atoms with van der Waals surface area (Å²) >= 11 is 0. The second kappa shape index (κ2) is 8.54. The molecule has 1 fully saturated rings. The molecular weight excluding hydrogens is 368 g/mol. The van der Waals surface area contributed by atoms with E-state index in [-0.39, 0.29) is 0 Å². The first kappa shape index (κ1) is 18.7. The van der Waals surface area contributed by atoms with Gasteiger partial charge in [-0.15, -0.1) is 0 Å². The summed E-state index contributed by atoms with van der Waals surface area (Å²) in [5.74, 6) is 2.51. The Balaban J connectivity index is 1.72. The maximum atomic E-state index is 7.20. The van der Waals surface area contributed by atoms with Gasteiger partial charge >= 0.3 is 0 Å². The van der Waals surface area contributed by atoms with Crippen molar-refractivity contribution in [3.05, 3.63) is 60.3 Å². The van der Waals surface area contributed by atoms with Gasteiger partial charge in [0.2, 0.25) is 5.69 Å². The Bertz CT molecular complexity index is 1030. The second-order valence-electron chi connectivity index (χ2n) is 6.44. The molecule has 2 aromatic heterocycles. The number of hydrogen-bond acceptors (Lipinski definition) is 7. The number of rotatable bonds is 5. The lowest BCUT2D eigenvalue weighted by Gasteiger charge is -2.29. The minimum atomic E-state index is 0.419. The highest BCUT2D eigenvalue weighted by molar-refractivity contribution is 5.65. The summed E-state index contributed by atoms with van der Waals surface area (Å²) in [6.07, 6.45) is 4.89. The zero-order valence-corrected chi connectivity index (χ0v) is 16.0. The van der Waals surface area contributed by atoms with Crippen LogP contribution in [0.1, 0.15) is 0 Å². The minimum absolute atomic E-state index is 0.419. The monoisotopic (exact) mass is 388 g/mol. The van der Waals surface area contributed by atoms with E-state index in [9.17, 15) is 0 Å². The highest BCUT2D eigenvalue weighted by Crippen LogP contribution is 2.32. The van der Waals surface area contributed by atoms with Gasteiger partial charge in [-0.25, -0.2) is 14.8 Å². The predicted octanol–water partition coefficient (Wildman–Crippen LogP) is 3.30. The average Bonchev–Trinajstić information content (AvgIpc) is 2.80. The molecule has 1 aliphatic heterocycles. The molecule has 0 amide bonds. The van der Waals surface area contributed by atoms with E-state index in [1.807, 2.05) is 24.3 Å². The first-order chi connectivity index (χ1) is 14.3. The highest BCUT2D eigenvalue weighted by Gasteiger charge is 2.20. The lowest BCUT2D eigenvalue weighted by Crippen LogP contribution is -2.44. The van der Waals surface area contributed by atoms with Gasteiger partial charge in [0.1, 0.15) is 11.5 Å². The number of anilines is 1. The molecule has 0 spiro atoms. The molecule has 1 aromatic carbocycles. The molecule has 0 bridgehead atoms. The maximum Gasteiger partial charge on any atom is 0.263 e. The standard InChI is InChI=1S/C21H20N6O2/c1-22-16-11-15(12-24-13-16)19-14-25-20(27-9-7-23-8-10-27)21(26-19)29-18-5-3-17(28-2)4-6-18/h3-6,11-14,23H,7-10H2,2H3. The number of ether oxygens (including phenoxy) is 2. The Morgan fingerprint density at radius 3 is 2.55 bits per heavy atom. The van der Waals surface area contributed by atoms with Crippen molar-refractivity contribution >= 4 is 11.5 Å². The van der Waals surface area contributed by atoms with Gasteiger partial charge < -0.3 is 19.7 Å². The summed E-state index contributed by atoms with van der Waals surface area (Å²) in [5.41, 5.74) is 1.77. The molecule has 0 atom stereocenters. The van der Waals surface area contributed by atoms with Crippen molar-refractivity contribution in [2.45, 2.75) is 0 Å². The zero-order valence-electron chi connectivity index (χ0n) is 16.0. The van der Waals surface area contributed by atoms with Crippen LogP contribution >= 0.6 is 0 Å². The van der Waals surface area contributed by atoms with Gasteiger partial charge in [0.25, 0.3) is 5.88 Å². The fourth-order valence-electron chi connectivity index (χ4n) is 3.05. The normalized spacial score (nSPS) is 13.6. The van der Waals surface area contributed by atoms with E-state index in [2.05, 4.69) is 25.0 Å². The summed E-state index contributed by atoms with van der Waals surface area (Å²) in [6.45, 7) is 10.6. The highest BCUT2D eigenvalue weighted by atomic mass is 16.5. The predicted molar refractivity (Wildman–Crippen MR) is 110 cm³/mol. The van der Waals surface area contributed by atoms with Gasteiger partial charge in [-0.1, -0.05) is 0 Å². The molecule has 3 heterocycles. The fourth-order valence-corrected chi connectivity index (χ4v) is 3.05. The lowest BCUT2D eigenvalue weighted by molar-refractivity contribution is 0.412. The molecule has 0 saturated carbocycles. The number of pyridine rings is 1. The number of nitrogens with one attached hydrogen (secondary N) is 1. The van der Waals surface area contributed by atoms with Gasteiger partial charge in [0.05, 0.1) is 25.6 Å². The number of aromatic nitrogens is 3. The molecule has 0 unspecified atom stereocenters. The molecule has 146 valence electrons. The minimum Gasteiger partial charge on any atom is -0.497 e. The summed E-state index contributed by atoms with van der Waals surface area (Å²) < 4.78 is 11.3. The van der Waals surface area contributed by atoms with Crippen molar-refractivity contribution in [2.24, 2.45) is 0 Å². The largest absolute Gasteiger partial charge is 0.497 e. The molecule has 1 aliphatic rings. The van der Waals surface area contributed by atoms with E-state index in [0.717, 1.165) is 37.5 Å². The van der Waals surface area contributed by atoms with E-state index >= 15 is 0 Å². The third kappa shape index (κ3) is 4.25. The third-order valence-corrected chi connectivity index (χ3v) is 4.56. The van der Waals surface area contributed by atoms with E-state index < -0.39 is 0 Å². The Kier molecular flexibility index (Phi) is 5.49. The van der Waals surface area contributed by atoms with Crippen molar-refractivity contribution in [1.82, 2.24) is 20.3 Å². The van der Waals surface area contributed by atoms with E-state index in [1.165, 1.54) is 6.20 Å². The van der Waals surface area contributed by atoms with Crippen LogP contribution in [0.15, 0.2) is 48.9 Å². The molecule has 8 heteroatoms. The van der Waals surface area contributed by atoms with Crippen LogP contribution in [0.2, 0.25) is 0 Å². The summed E-state index contributed by atoms with van der Waals surface area (Å²) in [4.78, 5) is 19.1. The second-order valence-corrected chi connectivity index (χ2v) is 6.44. The topological polar surface area (TPSA) is 76.8 Å². The van der Waals surface area contributed by atoms with Crippen molar-refractivity contribution in [1.29, 1.82) is 0 Å². The van der Waals surface area contributed by atoms with Crippen LogP contribution in [-0.2, 0) is 0 Å². The molecule has 1 N–H and O–H groups in total. The Hall–Kier alpha value is -3.70. The van der Waals surface area contributed by atoms with Gasteiger partial charge in [0, 0.05) is 44.1 Å². The molecule has 0 radical (unpaired) electrons. The summed E-state index contributed by atoms with van der Waals surface area (Å²) in [5, 5.41) is 3.34. The molecule has 4 rings (SSSR count). The smallest absolute Gasteiger partial charge is 0.263 e. The van der Waals surface area contributed by atoms with Crippen LogP contribution in [0, 0.1) is 6.57 Å². The van der Waals surface area contributed by atoms with Gasteiger partial charge in [-0.3, -0.25) is 4.98 Å². The first-order valence-corrected chi connectivity index (χ1v) is 9.24. The van der Waals surface area contributed by atoms with E-state index in [1.54, 1.807) is 25.6 Å². The first-order valence-electron chi connectivity index (χ1n) is 9.24. The van der Waals surface area contributed by atoms with Crippen molar-refractivity contribution in [3.63, 3.8) is 0 Å². The van der Waals surface area contributed by atoms with E-state index in [4.69, 9.17) is 21.0 Å². The lowest BCUT2D eigenvalue weighted by atomic mass is 10.2. The summed E-state index contributed by atoms with van der Waals surface area (Å²) in [7, 11) is 1.62. The average molecular weight is 388 g/mol. The maximum absolute atomic E-state index is 7.20. The van der Waals surface area contributed by atoms with E-state index in [0.29, 0.717) is 28.8 Å². The van der Waals surface area contributed by atoms with Crippen LogP contribution in [-0.4, -0.2) is 48.2 Å². The molecule has 0 aliphatic carbocycles. The van der Waals surface area contributed by atoms with Crippen molar-refractivity contribution in [3.8, 4) is 28.6 Å². The fraction of sp³-hybridized carbons (Fsp3) is 0.238. The van der Waals surface area contributed by atoms with Crippen LogP contribution in [0.5, 0.6) is 17.4 Å². The van der Waals surface area contributed by atoms with Crippen LogP contribution < -0.4 is 19.7 Å². The van der Waals surface area contributed by atoms with Gasteiger partial charge in [0.15, 0.2) is 5.82 Å². The van der Waals surface area contributed by atoms with Gasteiger partial charge in [-0.05, 0) is 30.3 Å². The Morgan fingerprint density at radius 2 is 1.83 bits per heavy atom. The Morgan fingerprint density at radius 1 is 1.07 bits per heavy atom. The van der Waals surface area contributed by atoms with Gasteiger partial charge in [-0.2, -0.15) is 0 Å². The summed E-state index contributed by atoms with van der Waals surface area (Å²) in [6, 6.07) is 9.07. The molecule has 29 heavy (non-hydrogen) atoms. The number of hydrogen-bond donors (Lipinski definition) is 1. The van der Waals surface area contributed by atoms with Crippen molar-refractivity contribution < 1.29 is 9.47 Å². The zero-order chi connectivity index (χ0) is 20.1. The molecule has 1 saturated heterocycles. The molecule has 3 aromatic rings. The molecular formula is C21H20N6O2. The third-order valence-electron chi connectivity index (χ3n) is 4.56. The number of benzene rings is 1. The number of nitrogens with zero attached hydrogens (tertiary/aromatic N) is 5. The SMILES string of the molecule is [C-]#[N+]c1cncc(-c2cnc(N3CCNCC3)c(Oc3ccc(OC)cc3)n2)c1. The van der Waals surface area contributed by atoms with Crippen molar-refractivity contribution in [2.75, 3.05) is 38.2 Å².